The molecule has 0 aromatic rings. The number of hydrogen-bond donors (Lipinski definition) is 1. The summed E-state index contributed by atoms with van der Waals surface area (Å²) in [4.78, 5) is 2.82. The minimum absolute atomic E-state index is 0.584. The first kappa shape index (κ1) is 13.4. The highest BCUT2D eigenvalue weighted by Gasteiger charge is 2.39. The Morgan fingerprint density at radius 1 is 1.29 bits per heavy atom. The fourth-order valence-corrected chi connectivity index (χ4v) is 3.99. The van der Waals surface area contributed by atoms with Crippen molar-refractivity contribution < 1.29 is 0 Å². The molecule has 2 heteroatoms. The molecule has 2 aliphatic heterocycles. The lowest BCUT2D eigenvalue weighted by atomic mass is 9.81. The molecule has 2 fully saturated rings. The van der Waals surface area contributed by atoms with Crippen molar-refractivity contribution in [3.8, 4) is 0 Å². The molecular formula is C15H30N2. The first-order chi connectivity index (χ1) is 8.21. The molecule has 0 spiro atoms. The van der Waals surface area contributed by atoms with E-state index in [2.05, 4.69) is 31.0 Å². The summed E-state index contributed by atoms with van der Waals surface area (Å²) in [5, 5.41) is 3.59. The van der Waals surface area contributed by atoms with Gasteiger partial charge in [-0.15, -0.1) is 0 Å². The van der Waals surface area contributed by atoms with Gasteiger partial charge in [-0.1, -0.05) is 20.3 Å². The maximum Gasteiger partial charge on any atom is 0.00962 e. The van der Waals surface area contributed by atoms with Gasteiger partial charge in [-0.05, 0) is 51.0 Å². The molecule has 0 amide bonds. The van der Waals surface area contributed by atoms with E-state index in [0.717, 1.165) is 12.1 Å². The molecule has 0 saturated carbocycles. The first-order valence-corrected chi connectivity index (χ1v) is 7.67. The van der Waals surface area contributed by atoms with Crippen LogP contribution in [0, 0.1) is 5.41 Å². The van der Waals surface area contributed by atoms with Gasteiger partial charge in [-0.3, -0.25) is 4.90 Å². The summed E-state index contributed by atoms with van der Waals surface area (Å²) in [6, 6.07) is 1.67. The van der Waals surface area contributed by atoms with Gasteiger partial charge in [0.1, 0.15) is 0 Å². The van der Waals surface area contributed by atoms with Crippen LogP contribution in [-0.4, -0.2) is 36.6 Å². The van der Waals surface area contributed by atoms with E-state index in [1.54, 1.807) is 0 Å². The Morgan fingerprint density at radius 2 is 2.12 bits per heavy atom. The Morgan fingerprint density at radius 3 is 2.71 bits per heavy atom. The smallest absolute Gasteiger partial charge is 0.00962 e. The monoisotopic (exact) mass is 238 g/mol. The van der Waals surface area contributed by atoms with E-state index in [9.17, 15) is 0 Å². The maximum absolute atomic E-state index is 3.59. The SMILES string of the molecule is CCCC1(CN2C(C)CCC2CC)CCNC1. The van der Waals surface area contributed by atoms with Crippen LogP contribution in [0.4, 0.5) is 0 Å². The highest BCUT2D eigenvalue weighted by molar-refractivity contribution is 4.94. The van der Waals surface area contributed by atoms with Gasteiger partial charge in [0.2, 0.25) is 0 Å². The second kappa shape index (κ2) is 5.71. The highest BCUT2D eigenvalue weighted by atomic mass is 15.2. The van der Waals surface area contributed by atoms with Gasteiger partial charge in [0.25, 0.3) is 0 Å². The third-order valence-electron chi connectivity index (χ3n) is 5.05. The summed E-state index contributed by atoms with van der Waals surface area (Å²) in [6.45, 7) is 10.9. The average Bonchev–Trinajstić information content (AvgIpc) is 2.89. The molecular weight excluding hydrogens is 208 g/mol. The second-order valence-corrected chi connectivity index (χ2v) is 6.34. The van der Waals surface area contributed by atoms with Crippen molar-refractivity contribution in [2.75, 3.05) is 19.6 Å². The van der Waals surface area contributed by atoms with Crippen LogP contribution in [0.2, 0.25) is 0 Å². The molecule has 0 aromatic heterocycles. The number of hydrogen-bond acceptors (Lipinski definition) is 2. The third kappa shape index (κ3) is 2.85. The van der Waals surface area contributed by atoms with E-state index in [4.69, 9.17) is 0 Å². The van der Waals surface area contributed by atoms with Crippen LogP contribution < -0.4 is 5.32 Å². The lowest BCUT2D eigenvalue weighted by Crippen LogP contribution is -2.44. The Bertz CT molecular complexity index is 233. The van der Waals surface area contributed by atoms with Gasteiger partial charge in [0.15, 0.2) is 0 Å². The van der Waals surface area contributed by atoms with Gasteiger partial charge in [0.05, 0.1) is 0 Å². The van der Waals surface area contributed by atoms with E-state index in [1.807, 2.05) is 0 Å². The lowest BCUT2D eigenvalue weighted by molar-refractivity contribution is 0.110. The van der Waals surface area contributed by atoms with Crippen LogP contribution in [0.1, 0.15) is 59.3 Å². The van der Waals surface area contributed by atoms with Crippen LogP contribution in [0.3, 0.4) is 0 Å². The molecule has 2 heterocycles. The molecule has 2 nitrogen and oxygen atoms in total. The van der Waals surface area contributed by atoms with Crippen molar-refractivity contribution in [3.05, 3.63) is 0 Å². The average molecular weight is 238 g/mol. The van der Waals surface area contributed by atoms with Crippen molar-refractivity contribution >= 4 is 0 Å². The van der Waals surface area contributed by atoms with Crippen molar-refractivity contribution in [3.63, 3.8) is 0 Å². The molecule has 0 bridgehead atoms. The molecule has 2 rings (SSSR count). The van der Waals surface area contributed by atoms with Gasteiger partial charge in [-0.25, -0.2) is 0 Å². The quantitative estimate of drug-likeness (QED) is 0.792. The lowest BCUT2D eigenvalue weighted by Gasteiger charge is -2.38. The van der Waals surface area contributed by atoms with E-state index in [-0.39, 0.29) is 0 Å². The fourth-order valence-electron chi connectivity index (χ4n) is 3.99. The molecule has 3 unspecified atom stereocenters. The van der Waals surface area contributed by atoms with Crippen molar-refractivity contribution in [1.29, 1.82) is 0 Å². The molecule has 1 N–H and O–H groups in total. The second-order valence-electron chi connectivity index (χ2n) is 6.34. The normalized spacial score (nSPS) is 39.0. The summed E-state index contributed by atoms with van der Waals surface area (Å²) >= 11 is 0. The van der Waals surface area contributed by atoms with Crippen LogP contribution >= 0.6 is 0 Å². The van der Waals surface area contributed by atoms with Gasteiger partial charge in [0, 0.05) is 25.2 Å². The standard InChI is InChI=1S/C15H30N2/c1-4-8-15(9-10-16-11-15)12-17-13(3)6-7-14(17)5-2/h13-14,16H,4-12H2,1-3H3. The van der Waals surface area contributed by atoms with E-state index in [1.165, 1.54) is 58.2 Å². The zero-order valence-electron chi connectivity index (χ0n) is 12.0. The number of nitrogens with zero attached hydrogens (tertiary/aromatic N) is 1. The summed E-state index contributed by atoms with van der Waals surface area (Å²) in [6.07, 6.45) is 8.29. The molecule has 2 saturated heterocycles. The van der Waals surface area contributed by atoms with Gasteiger partial charge < -0.3 is 5.32 Å². The van der Waals surface area contributed by atoms with Crippen LogP contribution in [-0.2, 0) is 0 Å². The molecule has 2 aliphatic rings. The topological polar surface area (TPSA) is 15.3 Å². The predicted molar refractivity (Wildman–Crippen MR) is 74.3 cm³/mol. The summed E-state index contributed by atoms with van der Waals surface area (Å²) in [5.41, 5.74) is 0.584. The van der Waals surface area contributed by atoms with E-state index in [0.29, 0.717) is 5.41 Å². The third-order valence-corrected chi connectivity index (χ3v) is 5.05. The largest absolute Gasteiger partial charge is 0.316 e. The number of rotatable bonds is 5. The summed E-state index contributed by atoms with van der Waals surface area (Å²) in [7, 11) is 0. The van der Waals surface area contributed by atoms with Crippen molar-refractivity contribution in [1.82, 2.24) is 10.2 Å². The molecule has 3 atom stereocenters. The Balaban J connectivity index is 2.01. The van der Waals surface area contributed by atoms with Gasteiger partial charge in [-0.2, -0.15) is 0 Å². The Hall–Kier alpha value is -0.0800. The summed E-state index contributed by atoms with van der Waals surface area (Å²) < 4.78 is 0. The van der Waals surface area contributed by atoms with Crippen molar-refractivity contribution in [2.24, 2.45) is 5.41 Å². The van der Waals surface area contributed by atoms with Crippen LogP contribution in [0.15, 0.2) is 0 Å². The molecule has 17 heavy (non-hydrogen) atoms. The van der Waals surface area contributed by atoms with E-state index < -0.39 is 0 Å². The van der Waals surface area contributed by atoms with Gasteiger partial charge >= 0.3 is 0 Å². The van der Waals surface area contributed by atoms with Crippen LogP contribution in [0.5, 0.6) is 0 Å². The van der Waals surface area contributed by atoms with Crippen LogP contribution in [0.25, 0.3) is 0 Å². The first-order valence-electron chi connectivity index (χ1n) is 7.67. The maximum atomic E-state index is 3.59. The highest BCUT2D eigenvalue weighted by Crippen LogP contribution is 2.36. The number of nitrogens with one attached hydrogen (secondary N) is 1. The Labute approximate surface area is 107 Å². The minimum atomic E-state index is 0.584. The molecule has 0 radical (unpaired) electrons. The Kier molecular flexibility index (Phi) is 4.48. The molecule has 0 aromatic carbocycles. The number of likely N-dealkylation sites (tertiary alicyclic amines) is 1. The predicted octanol–water partition coefficient (Wildman–Crippen LogP) is 3.03. The molecule has 0 aliphatic carbocycles. The fraction of sp³-hybridized carbons (Fsp3) is 1.00. The minimum Gasteiger partial charge on any atom is -0.316 e. The zero-order valence-corrected chi connectivity index (χ0v) is 12.0. The van der Waals surface area contributed by atoms with E-state index >= 15 is 0 Å². The van der Waals surface area contributed by atoms with Crippen molar-refractivity contribution in [2.45, 2.75) is 71.4 Å². The zero-order chi connectivity index (χ0) is 12.3. The molecule has 100 valence electrons. The summed E-state index contributed by atoms with van der Waals surface area (Å²) in [5.74, 6) is 0.